The molecule has 1 aromatic carbocycles. The van der Waals surface area contributed by atoms with Crippen LogP contribution in [0.25, 0.3) is 16.7 Å². The first-order valence-electron chi connectivity index (χ1n) is 9.29. The second-order valence-corrected chi connectivity index (χ2v) is 6.56. The molecule has 0 aliphatic heterocycles. The van der Waals surface area contributed by atoms with Crippen LogP contribution in [0.1, 0.15) is 56.7 Å². The molecular formula is C22H25N3. The van der Waals surface area contributed by atoms with E-state index in [1.807, 2.05) is 42.6 Å². The summed E-state index contributed by atoms with van der Waals surface area (Å²) in [6.45, 7) is 2.25. The van der Waals surface area contributed by atoms with E-state index >= 15 is 0 Å². The van der Waals surface area contributed by atoms with Crippen LogP contribution in [0.2, 0.25) is 0 Å². The van der Waals surface area contributed by atoms with Gasteiger partial charge in [-0.3, -0.25) is 4.57 Å². The number of pyridine rings is 1. The average Bonchev–Trinajstić information content (AvgIpc) is 3.02. The number of aryl methyl sites for hydroxylation is 1. The van der Waals surface area contributed by atoms with Crippen molar-refractivity contribution in [3.8, 4) is 11.9 Å². The monoisotopic (exact) mass is 331 g/mol. The number of aromatic nitrogens is 2. The zero-order valence-corrected chi connectivity index (χ0v) is 14.9. The van der Waals surface area contributed by atoms with Gasteiger partial charge in [0.05, 0.1) is 17.1 Å². The quantitative estimate of drug-likeness (QED) is 0.489. The highest BCUT2D eigenvalue weighted by atomic mass is 15.1. The number of rotatable bonds is 8. The van der Waals surface area contributed by atoms with Gasteiger partial charge in [0.15, 0.2) is 0 Å². The van der Waals surface area contributed by atoms with Crippen LogP contribution in [0.15, 0.2) is 48.7 Å². The molecular weight excluding hydrogens is 306 g/mol. The fourth-order valence-electron chi connectivity index (χ4n) is 3.37. The molecule has 0 amide bonds. The summed E-state index contributed by atoms with van der Waals surface area (Å²) in [5.41, 5.74) is 3.11. The van der Waals surface area contributed by atoms with Crippen LogP contribution < -0.4 is 0 Å². The van der Waals surface area contributed by atoms with Crippen molar-refractivity contribution >= 4 is 10.9 Å². The van der Waals surface area contributed by atoms with Crippen LogP contribution in [-0.2, 0) is 6.42 Å². The molecule has 25 heavy (non-hydrogen) atoms. The Bertz CT molecular complexity index is 856. The fourth-order valence-corrected chi connectivity index (χ4v) is 3.37. The molecule has 3 rings (SSSR count). The molecule has 3 nitrogen and oxygen atoms in total. The molecule has 0 N–H and O–H groups in total. The Kier molecular flexibility index (Phi) is 5.85. The van der Waals surface area contributed by atoms with E-state index in [2.05, 4.69) is 28.6 Å². The van der Waals surface area contributed by atoms with Gasteiger partial charge in [-0.05, 0) is 49.2 Å². The minimum absolute atomic E-state index is 0.705. The van der Waals surface area contributed by atoms with Crippen LogP contribution >= 0.6 is 0 Å². The molecule has 0 saturated heterocycles. The van der Waals surface area contributed by atoms with Gasteiger partial charge in [0.2, 0.25) is 0 Å². The fraction of sp³-hybridized carbons (Fsp3) is 0.364. The smallest absolute Gasteiger partial charge is 0.137 e. The van der Waals surface area contributed by atoms with Gasteiger partial charge in [0, 0.05) is 17.3 Å². The van der Waals surface area contributed by atoms with Gasteiger partial charge in [0.25, 0.3) is 0 Å². The van der Waals surface area contributed by atoms with E-state index in [-0.39, 0.29) is 0 Å². The van der Waals surface area contributed by atoms with Crippen molar-refractivity contribution in [1.29, 1.82) is 5.26 Å². The zero-order chi connectivity index (χ0) is 17.5. The van der Waals surface area contributed by atoms with Gasteiger partial charge >= 0.3 is 0 Å². The lowest BCUT2D eigenvalue weighted by Crippen LogP contribution is -2.02. The Balaban J connectivity index is 1.87. The van der Waals surface area contributed by atoms with Gasteiger partial charge in [-0.25, -0.2) is 4.98 Å². The topological polar surface area (TPSA) is 41.6 Å². The molecule has 0 aliphatic carbocycles. The summed E-state index contributed by atoms with van der Waals surface area (Å²) in [5, 5.41) is 10.3. The highest BCUT2D eigenvalue weighted by Gasteiger charge is 2.11. The number of nitrogens with zero attached hydrogens (tertiary/aromatic N) is 3. The van der Waals surface area contributed by atoms with Gasteiger partial charge in [0.1, 0.15) is 5.82 Å². The van der Waals surface area contributed by atoms with Crippen molar-refractivity contribution in [3.05, 3.63) is 59.9 Å². The molecule has 0 spiro atoms. The minimum atomic E-state index is 0.705. The molecule has 3 heteroatoms. The molecule has 128 valence electrons. The molecule has 3 aromatic rings. The maximum absolute atomic E-state index is 9.17. The van der Waals surface area contributed by atoms with E-state index in [9.17, 15) is 0 Å². The van der Waals surface area contributed by atoms with Crippen molar-refractivity contribution in [3.63, 3.8) is 0 Å². The first-order valence-corrected chi connectivity index (χ1v) is 9.29. The van der Waals surface area contributed by atoms with Crippen LogP contribution in [0.4, 0.5) is 0 Å². The molecule has 0 atom stereocenters. The number of hydrogen-bond donors (Lipinski definition) is 0. The first-order chi connectivity index (χ1) is 12.3. The third kappa shape index (κ3) is 4.09. The lowest BCUT2D eigenvalue weighted by Gasteiger charge is -2.10. The second kappa shape index (κ2) is 8.48. The maximum atomic E-state index is 9.17. The van der Waals surface area contributed by atoms with Crippen LogP contribution in [0.5, 0.6) is 0 Å². The molecule has 2 heterocycles. The van der Waals surface area contributed by atoms with Crippen molar-refractivity contribution in [2.45, 2.75) is 51.9 Å². The van der Waals surface area contributed by atoms with E-state index in [4.69, 9.17) is 5.26 Å². The second-order valence-electron chi connectivity index (χ2n) is 6.56. The zero-order valence-electron chi connectivity index (χ0n) is 14.9. The summed E-state index contributed by atoms with van der Waals surface area (Å²) in [5.74, 6) is 0.947. The highest BCUT2D eigenvalue weighted by molar-refractivity contribution is 5.84. The van der Waals surface area contributed by atoms with E-state index in [0.717, 1.165) is 23.1 Å². The first kappa shape index (κ1) is 17.2. The Hall–Kier alpha value is -2.60. The van der Waals surface area contributed by atoms with Gasteiger partial charge in [-0.2, -0.15) is 5.26 Å². The Morgan fingerprint density at radius 3 is 2.60 bits per heavy atom. The number of benzene rings is 1. The van der Waals surface area contributed by atoms with Crippen molar-refractivity contribution in [2.75, 3.05) is 0 Å². The number of unbranched alkanes of at least 4 members (excludes halogenated alkanes) is 5. The van der Waals surface area contributed by atoms with E-state index < -0.39 is 0 Å². The van der Waals surface area contributed by atoms with E-state index in [0.29, 0.717) is 5.56 Å². The van der Waals surface area contributed by atoms with Gasteiger partial charge in [-0.1, -0.05) is 45.1 Å². The largest absolute Gasteiger partial charge is 0.298 e. The van der Waals surface area contributed by atoms with Gasteiger partial charge < -0.3 is 0 Å². The Morgan fingerprint density at radius 2 is 1.84 bits per heavy atom. The average molecular weight is 331 g/mol. The van der Waals surface area contributed by atoms with Gasteiger partial charge in [-0.15, -0.1) is 0 Å². The summed E-state index contributed by atoms with van der Waals surface area (Å²) in [7, 11) is 0. The van der Waals surface area contributed by atoms with Crippen molar-refractivity contribution in [1.82, 2.24) is 9.55 Å². The molecule has 0 radical (unpaired) electrons. The molecule has 0 aliphatic rings. The van der Waals surface area contributed by atoms with Crippen LogP contribution in [0, 0.1) is 11.3 Å². The minimum Gasteiger partial charge on any atom is -0.298 e. The maximum Gasteiger partial charge on any atom is 0.137 e. The third-order valence-electron chi connectivity index (χ3n) is 4.67. The lowest BCUT2D eigenvalue weighted by atomic mass is 10.1. The van der Waals surface area contributed by atoms with Crippen LogP contribution in [0.3, 0.4) is 0 Å². The summed E-state index contributed by atoms with van der Waals surface area (Å²) in [4.78, 5) is 4.54. The molecule has 2 aromatic heterocycles. The molecule has 0 unspecified atom stereocenters. The lowest BCUT2D eigenvalue weighted by molar-refractivity contribution is 0.603. The summed E-state index contributed by atoms with van der Waals surface area (Å²) >= 11 is 0. The molecule has 0 bridgehead atoms. The molecule has 0 saturated carbocycles. The predicted octanol–water partition coefficient (Wildman–Crippen LogP) is 5.80. The summed E-state index contributed by atoms with van der Waals surface area (Å²) in [6, 6.07) is 16.4. The van der Waals surface area contributed by atoms with Crippen molar-refractivity contribution < 1.29 is 0 Å². The number of hydrogen-bond acceptors (Lipinski definition) is 2. The Labute approximate surface area is 149 Å². The Morgan fingerprint density at radius 1 is 1.00 bits per heavy atom. The summed E-state index contributed by atoms with van der Waals surface area (Å²) in [6.07, 6.45) is 10.6. The van der Waals surface area contributed by atoms with Crippen LogP contribution in [-0.4, -0.2) is 9.55 Å². The number of fused-ring (bicyclic) bond motifs is 1. The highest BCUT2D eigenvalue weighted by Crippen LogP contribution is 2.26. The van der Waals surface area contributed by atoms with Crippen molar-refractivity contribution in [2.24, 2.45) is 0 Å². The van der Waals surface area contributed by atoms with E-state index in [1.165, 1.54) is 44.2 Å². The molecule has 0 fully saturated rings. The predicted molar refractivity (Wildman–Crippen MR) is 103 cm³/mol. The van der Waals surface area contributed by atoms with E-state index in [1.54, 1.807) is 0 Å². The normalized spacial score (nSPS) is 10.9. The third-order valence-corrected chi connectivity index (χ3v) is 4.67. The standard InChI is InChI=1S/C22H25N3/c1-2-3-4-5-6-7-10-20-16-19-15-18(17-23)12-13-21(19)25(20)22-11-8-9-14-24-22/h8-9,11-16H,2-7,10H2,1H3. The summed E-state index contributed by atoms with van der Waals surface area (Å²) < 4.78 is 2.24. The SMILES string of the molecule is CCCCCCCCc1cc2cc(C#N)ccc2n1-c1ccccn1. The number of nitriles is 1.